The van der Waals surface area contributed by atoms with Gasteiger partial charge in [-0.25, -0.2) is 4.98 Å². The van der Waals surface area contributed by atoms with Crippen molar-refractivity contribution in [1.29, 1.82) is 0 Å². The monoisotopic (exact) mass is 361 g/mol. The van der Waals surface area contributed by atoms with Crippen molar-refractivity contribution in [2.45, 2.75) is 13.1 Å². The number of aromatic nitrogens is 3. The third-order valence-electron chi connectivity index (χ3n) is 4.67. The first kappa shape index (κ1) is 16.0. The highest BCUT2D eigenvalue weighted by Crippen LogP contribution is 2.35. The number of aliphatic imine (C=N–C) groups is 1. The van der Waals surface area contributed by atoms with Crippen LogP contribution >= 0.6 is 0 Å². The maximum atomic E-state index is 5.51. The number of ether oxygens (including phenoxy) is 2. The summed E-state index contributed by atoms with van der Waals surface area (Å²) in [5, 5.41) is 7.38. The van der Waals surface area contributed by atoms with E-state index < -0.39 is 0 Å². The van der Waals surface area contributed by atoms with E-state index in [4.69, 9.17) is 14.5 Å². The van der Waals surface area contributed by atoms with Crippen LogP contribution < -0.4 is 9.47 Å². The van der Waals surface area contributed by atoms with Crippen LogP contribution in [0.1, 0.15) is 22.5 Å². The number of nitrogens with zero attached hydrogens (tertiary/aromatic N) is 4. The van der Waals surface area contributed by atoms with Crippen molar-refractivity contribution in [3.05, 3.63) is 58.9 Å². The summed E-state index contributed by atoms with van der Waals surface area (Å²) in [6, 6.07) is 12.2. The molecule has 3 aromatic rings. The first-order chi connectivity index (χ1) is 13.2. The van der Waals surface area contributed by atoms with E-state index in [2.05, 4.69) is 38.3 Å². The van der Waals surface area contributed by atoms with E-state index in [1.165, 1.54) is 5.56 Å². The van der Waals surface area contributed by atoms with E-state index in [9.17, 15) is 0 Å². The van der Waals surface area contributed by atoms with Crippen LogP contribution in [0.4, 0.5) is 0 Å². The molecule has 0 spiro atoms. The second-order valence-electron chi connectivity index (χ2n) is 6.95. The van der Waals surface area contributed by atoms with Crippen molar-refractivity contribution < 1.29 is 9.47 Å². The van der Waals surface area contributed by atoms with Gasteiger partial charge in [-0.3, -0.25) is 10.1 Å². The minimum atomic E-state index is 0.270. The average molecular weight is 361 g/mol. The van der Waals surface area contributed by atoms with Gasteiger partial charge < -0.3 is 14.4 Å². The fourth-order valence-electron chi connectivity index (χ4n) is 3.41. The highest BCUT2D eigenvalue weighted by atomic mass is 16.7. The Labute approximate surface area is 156 Å². The SMILES string of the molecule is CN(C)Cc1nc(-c2ccc3c(c2)C(c2ccc4c(c2)OCO4)=NC3)n[nH]1. The lowest BCUT2D eigenvalue weighted by molar-refractivity contribution is 0.174. The molecule has 5 rings (SSSR count). The molecule has 1 aromatic heterocycles. The molecule has 0 saturated carbocycles. The Hall–Kier alpha value is -3.19. The number of fused-ring (bicyclic) bond motifs is 2. The molecule has 2 aliphatic heterocycles. The largest absolute Gasteiger partial charge is 0.454 e. The number of benzene rings is 2. The summed E-state index contributed by atoms with van der Waals surface area (Å²) in [6.45, 7) is 1.67. The van der Waals surface area contributed by atoms with Crippen molar-refractivity contribution >= 4 is 5.71 Å². The molecule has 0 radical (unpaired) electrons. The molecule has 2 aromatic carbocycles. The minimum absolute atomic E-state index is 0.270. The molecule has 1 N–H and O–H groups in total. The molecule has 7 nitrogen and oxygen atoms in total. The summed E-state index contributed by atoms with van der Waals surface area (Å²) < 4.78 is 10.9. The molecule has 3 heterocycles. The molecular formula is C20H19N5O2. The molecule has 7 heteroatoms. The molecule has 136 valence electrons. The summed E-state index contributed by atoms with van der Waals surface area (Å²) in [6.07, 6.45) is 0. The third kappa shape index (κ3) is 2.86. The molecule has 0 fully saturated rings. The first-order valence-corrected chi connectivity index (χ1v) is 8.81. The Morgan fingerprint density at radius 3 is 2.78 bits per heavy atom. The van der Waals surface area contributed by atoms with Gasteiger partial charge in [0.15, 0.2) is 17.3 Å². The number of nitrogens with one attached hydrogen (secondary N) is 1. The lowest BCUT2D eigenvalue weighted by Gasteiger charge is -2.07. The lowest BCUT2D eigenvalue weighted by atomic mass is 9.97. The fraction of sp³-hybridized carbons (Fsp3) is 0.250. The van der Waals surface area contributed by atoms with Crippen LogP contribution in [0.5, 0.6) is 11.5 Å². The number of H-pyrrole nitrogens is 1. The maximum absolute atomic E-state index is 5.51. The van der Waals surface area contributed by atoms with E-state index in [0.29, 0.717) is 12.4 Å². The third-order valence-corrected chi connectivity index (χ3v) is 4.67. The van der Waals surface area contributed by atoms with E-state index in [0.717, 1.165) is 46.3 Å². The zero-order chi connectivity index (χ0) is 18.4. The van der Waals surface area contributed by atoms with Crippen LogP contribution in [0.3, 0.4) is 0 Å². The van der Waals surface area contributed by atoms with Gasteiger partial charge in [0.2, 0.25) is 6.79 Å². The second-order valence-corrected chi connectivity index (χ2v) is 6.95. The topological polar surface area (TPSA) is 75.6 Å². The normalized spacial score (nSPS) is 14.6. The van der Waals surface area contributed by atoms with Gasteiger partial charge >= 0.3 is 0 Å². The van der Waals surface area contributed by atoms with Crippen molar-refractivity contribution in [2.24, 2.45) is 4.99 Å². The van der Waals surface area contributed by atoms with Gasteiger partial charge in [-0.15, -0.1) is 0 Å². The zero-order valence-electron chi connectivity index (χ0n) is 15.2. The first-order valence-electron chi connectivity index (χ1n) is 8.81. The maximum Gasteiger partial charge on any atom is 0.231 e. The number of hydrogen-bond acceptors (Lipinski definition) is 6. The predicted molar refractivity (Wildman–Crippen MR) is 101 cm³/mol. The summed E-state index contributed by atoms with van der Waals surface area (Å²) in [7, 11) is 4.01. The summed E-state index contributed by atoms with van der Waals surface area (Å²) >= 11 is 0. The highest BCUT2D eigenvalue weighted by molar-refractivity contribution is 6.15. The van der Waals surface area contributed by atoms with Gasteiger partial charge in [0.1, 0.15) is 5.82 Å². The number of rotatable bonds is 4. The number of hydrogen-bond donors (Lipinski definition) is 1. The van der Waals surface area contributed by atoms with Crippen LogP contribution in [0.15, 0.2) is 41.4 Å². The molecule has 0 saturated heterocycles. The van der Waals surface area contributed by atoms with E-state index in [1.807, 2.05) is 32.3 Å². The fourth-order valence-corrected chi connectivity index (χ4v) is 3.41. The summed E-state index contributed by atoms with van der Waals surface area (Å²) in [5.41, 5.74) is 5.29. The van der Waals surface area contributed by atoms with Gasteiger partial charge in [0, 0.05) is 16.7 Å². The Bertz CT molecular complexity index is 1050. The van der Waals surface area contributed by atoms with Crippen LogP contribution in [-0.4, -0.2) is 46.7 Å². The molecule has 0 atom stereocenters. The standard InChI is InChI=1S/C20H19N5O2/c1-25(2)10-18-22-20(24-23-18)13-3-4-14-9-21-19(15(14)7-13)12-5-6-16-17(8-12)27-11-26-16/h3-8H,9-11H2,1-2H3,(H,22,23,24). The molecule has 0 aliphatic carbocycles. The van der Waals surface area contributed by atoms with E-state index in [1.54, 1.807) is 0 Å². The summed E-state index contributed by atoms with van der Waals surface area (Å²) in [5.74, 6) is 3.09. The van der Waals surface area contributed by atoms with Gasteiger partial charge in [-0.05, 0) is 43.9 Å². The van der Waals surface area contributed by atoms with E-state index in [-0.39, 0.29) is 6.79 Å². The van der Waals surface area contributed by atoms with Crippen LogP contribution in [0.2, 0.25) is 0 Å². The second kappa shape index (κ2) is 6.21. The van der Waals surface area contributed by atoms with Gasteiger partial charge in [-0.1, -0.05) is 12.1 Å². The van der Waals surface area contributed by atoms with Crippen LogP contribution in [-0.2, 0) is 13.1 Å². The number of aromatic amines is 1. The molecule has 0 bridgehead atoms. The van der Waals surface area contributed by atoms with Gasteiger partial charge in [0.25, 0.3) is 0 Å². The molecule has 2 aliphatic rings. The molecule has 0 amide bonds. The molecule has 27 heavy (non-hydrogen) atoms. The van der Waals surface area contributed by atoms with Crippen LogP contribution in [0.25, 0.3) is 11.4 Å². The zero-order valence-corrected chi connectivity index (χ0v) is 15.2. The lowest BCUT2D eigenvalue weighted by Crippen LogP contribution is -2.11. The quantitative estimate of drug-likeness (QED) is 0.773. The predicted octanol–water partition coefficient (Wildman–Crippen LogP) is 2.61. The Morgan fingerprint density at radius 2 is 1.89 bits per heavy atom. The van der Waals surface area contributed by atoms with E-state index >= 15 is 0 Å². The minimum Gasteiger partial charge on any atom is -0.454 e. The smallest absolute Gasteiger partial charge is 0.231 e. The van der Waals surface area contributed by atoms with Gasteiger partial charge in [-0.2, -0.15) is 5.10 Å². The van der Waals surface area contributed by atoms with Crippen molar-refractivity contribution in [1.82, 2.24) is 20.1 Å². The van der Waals surface area contributed by atoms with Crippen LogP contribution in [0, 0.1) is 0 Å². The molecular weight excluding hydrogens is 342 g/mol. The summed E-state index contributed by atoms with van der Waals surface area (Å²) in [4.78, 5) is 11.4. The Kier molecular flexibility index (Phi) is 3.68. The highest BCUT2D eigenvalue weighted by Gasteiger charge is 2.22. The Balaban J connectivity index is 1.49. The average Bonchev–Trinajstić information content (AvgIpc) is 3.39. The Morgan fingerprint density at radius 1 is 1.04 bits per heavy atom. The van der Waals surface area contributed by atoms with Gasteiger partial charge in [0.05, 0.1) is 18.8 Å². The van der Waals surface area contributed by atoms with Crippen molar-refractivity contribution in [2.75, 3.05) is 20.9 Å². The van der Waals surface area contributed by atoms with Crippen molar-refractivity contribution in [3.8, 4) is 22.9 Å². The van der Waals surface area contributed by atoms with Crippen molar-refractivity contribution in [3.63, 3.8) is 0 Å². The molecule has 0 unspecified atom stereocenters.